The fourth-order valence-corrected chi connectivity index (χ4v) is 1.18. The molecule has 0 aliphatic carbocycles. The number of rotatable bonds is 3. The summed E-state index contributed by atoms with van der Waals surface area (Å²) in [4.78, 5) is 0. The Hall–Kier alpha value is -1.29. The lowest BCUT2D eigenvalue weighted by atomic mass is 10.1. The number of nitrogens with one attached hydrogen (secondary N) is 1. The minimum atomic E-state index is -1.45. The van der Waals surface area contributed by atoms with Crippen LogP contribution in [0.2, 0.25) is 0 Å². The van der Waals surface area contributed by atoms with Crippen LogP contribution in [0.3, 0.4) is 0 Å². The van der Waals surface area contributed by atoms with Crippen molar-refractivity contribution < 1.29 is 13.2 Å². The highest BCUT2D eigenvalue weighted by atomic mass is 19.2. The number of likely N-dealkylation sites (N-methyl/N-ethyl adjacent to an activating group) is 1. The van der Waals surface area contributed by atoms with Gasteiger partial charge in [-0.2, -0.15) is 0 Å². The van der Waals surface area contributed by atoms with Crippen molar-refractivity contribution in [2.75, 3.05) is 7.05 Å². The van der Waals surface area contributed by atoms with Crippen LogP contribution in [-0.4, -0.2) is 7.05 Å². The zero-order valence-corrected chi connectivity index (χ0v) is 7.65. The quantitative estimate of drug-likeness (QED) is 0.585. The molecule has 14 heavy (non-hydrogen) atoms. The summed E-state index contributed by atoms with van der Waals surface area (Å²) in [5.74, 6) is -3.84. The molecular weight excluding hydrogens is 191 g/mol. The molecule has 1 aromatic carbocycles. The highest BCUT2D eigenvalue weighted by molar-refractivity contribution is 5.25. The summed E-state index contributed by atoms with van der Waals surface area (Å²) in [6, 6.07) is 1.50. The molecule has 0 aromatic heterocycles. The molecule has 1 nitrogen and oxygen atoms in total. The molecule has 4 heteroatoms. The number of benzene rings is 1. The van der Waals surface area contributed by atoms with Crippen molar-refractivity contribution in [1.82, 2.24) is 5.32 Å². The Bertz CT molecular complexity index is 326. The Kier molecular flexibility index (Phi) is 3.30. The van der Waals surface area contributed by atoms with E-state index in [1.54, 1.807) is 7.05 Å². The van der Waals surface area contributed by atoms with Crippen molar-refractivity contribution in [2.45, 2.75) is 6.04 Å². The summed E-state index contributed by atoms with van der Waals surface area (Å²) in [5.41, 5.74) is 0.305. The van der Waals surface area contributed by atoms with Gasteiger partial charge in [0.25, 0.3) is 0 Å². The number of hydrogen-bond donors (Lipinski definition) is 1. The van der Waals surface area contributed by atoms with Crippen molar-refractivity contribution in [3.8, 4) is 0 Å². The van der Waals surface area contributed by atoms with E-state index in [9.17, 15) is 13.2 Å². The van der Waals surface area contributed by atoms with Crippen molar-refractivity contribution in [3.63, 3.8) is 0 Å². The van der Waals surface area contributed by atoms with Gasteiger partial charge in [-0.25, -0.2) is 13.2 Å². The second-order valence-corrected chi connectivity index (χ2v) is 2.80. The van der Waals surface area contributed by atoms with Crippen LogP contribution < -0.4 is 5.32 Å². The zero-order chi connectivity index (χ0) is 10.7. The van der Waals surface area contributed by atoms with Crippen LogP contribution in [0.25, 0.3) is 0 Å². The zero-order valence-electron chi connectivity index (χ0n) is 7.65. The van der Waals surface area contributed by atoms with Gasteiger partial charge in [-0.15, -0.1) is 6.58 Å². The molecule has 0 amide bonds. The summed E-state index contributed by atoms with van der Waals surface area (Å²) < 4.78 is 38.2. The third kappa shape index (κ3) is 1.96. The third-order valence-corrected chi connectivity index (χ3v) is 1.91. The van der Waals surface area contributed by atoms with Gasteiger partial charge in [0.2, 0.25) is 0 Å². The lowest BCUT2D eigenvalue weighted by molar-refractivity contribution is 0.443. The Morgan fingerprint density at radius 3 is 2.14 bits per heavy atom. The summed E-state index contributed by atoms with van der Waals surface area (Å²) >= 11 is 0. The van der Waals surface area contributed by atoms with Gasteiger partial charge >= 0.3 is 0 Å². The first kappa shape index (κ1) is 10.8. The maximum atomic E-state index is 12.8. The molecule has 1 rings (SSSR count). The van der Waals surface area contributed by atoms with E-state index in [1.807, 2.05) is 0 Å². The molecule has 0 fully saturated rings. The lowest BCUT2D eigenvalue weighted by Crippen LogP contribution is -2.14. The van der Waals surface area contributed by atoms with E-state index >= 15 is 0 Å². The predicted molar refractivity (Wildman–Crippen MR) is 48.3 cm³/mol. The Morgan fingerprint density at radius 2 is 1.79 bits per heavy atom. The predicted octanol–water partition coefficient (Wildman–Crippen LogP) is 2.55. The molecule has 0 radical (unpaired) electrons. The fourth-order valence-electron chi connectivity index (χ4n) is 1.18. The molecule has 1 atom stereocenters. The molecule has 1 unspecified atom stereocenters. The van der Waals surface area contributed by atoms with Gasteiger partial charge < -0.3 is 5.32 Å². The van der Waals surface area contributed by atoms with Gasteiger partial charge in [-0.3, -0.25) is 0 Å². The minimum Gasteiger partial charge on any atom is -0.310 e. The molecule has 76 valence electrons. The maximum Gasteiger partial charge on any atom is 0.194 e. The van der Waals surface area contributed by atoms with Crippen molar-refractivity contribution in [1.29, 1.82) is 0 Å². The molecule has 1 aromatic rings. The second-order valence-electron chi connectivity index (χ2n) is 2.80. The molecule has 0 bridgehead atoms. The Balaban J connectivity index is 3.17. The molecule has 0 heterocycles. The van der Waals surface area contributed by atoms with Gasteiger partial charge in [-0.1, -0.05) is 6.08 Å². The van der Waals surface area contributed by atoms with Gasteiger partial charge in [0.15, 0.2) is 17.5 Å². The van der Waals surface area contributed by atoms with Crippen molar-refractivity contribution >= 4 is 0 Å². The molecule has 0 saturated heterocycles. The van der Waals surface area contributed by atoms with E-state index in [-0.39, 0.29) is 6.04 Å². The van der Waals surface area contributed by atoms with Crippen molar-refractivity contribution in [3.05, 3.63) is 47.8 Å². The monoisotopic (exact) mass is 201 g/mol. The molecule has 0 aliphatic heterocycles. The summed E-state index contributed by atoms with van der Waals surface area (Å²) in [7, 11) is 1.62. The van der Waals surface area contributed by atoms with Gasteiger partial charge in [0.1, 0.15) is 0 Å². The second kappa shape index (κ2) is 4.28. The minimum absolute atomic E-state index is 0.305. The van der Waals surface area contributed by atoms with Crippen LogP contribution in [0.4, 0.5) is 13.2 Å². The van der Waals surface area contributed by atoms with Gasteiger partial charge in [0, 0.05) is 0 Å². The van der Waals surface area contributed by atoms with Gasteiger partial charge in [-0.05, 0) is 24.7 Å². The fraction of sp³-hybridized carbons (Fsp3) is 0.200. The Morgan fingerprint density at radius 1 is 1.29 bits per heavy atom. The van der Waals surface area contributed by atoms with E-state index in [0.717, 1.165) is 12.1 Å². The van der Waals surface area contributed by atoms with Crippen LogP contribution in [-0.2, 0) is 0 Å². The standard InChI is InChI=1S/C10H10F3N/c1-3-9(14-2)6-4-7(11)10(13)8(12)5-6/h3-5,9,14H,1H2,2H3. The van der Waals surface area contributed by atoms with E-state index in [4.69, 9.17) is 0 Å². The molecule has 1 N–H and O–H groups in total. The van der Waals surface area contributed by atoms with E-state index in [1.165, 1.54) is 6.08 Å². The SMILES string of the molecule is C=CC(NC)c1cc(F)c(F)c(F)c1. The average molecular weight is 201 g/mol. The molecule has 0 saturated carbocycles. The van der Waals surface area contributed by atoms with E-state index < -0.39 is 17.5 Å². The highest BCUT2D eigenvalue weighted by Crippen LogP contribution is 2.19. The van der Waals surface area contributed by atoms with E-state index in [0.29, 0.717) is 5.56 Å². The normalized spacial score (nSPS) is 12.6. The van der Waals surface area contributed by atoms with Crippen LogP contribution >= 0.6 is 0 Å². The molecule has 0 spiro atoms. The molecular formula is C10H10F3N. The first-order chi connectivity index (χ1) is 6.60. The molecule has 0 aliphatic rings. The highest BCUT2D eigenvalue weighted by Gasteiger charge is 2.13. The van der Waals surface area contributed by atoms with Crippen molar-refractivity contribution in [2.24, 2.45) is 0 Å². The number of hydrogen-bond acceptors (Lipinski definition) is 1. The first-order valence-electron chi connectivity index (χ1n) is 4.04. The van der Waals surface area contributed by atoms with Gasteiger partial charge in [0.05, 0.1) is 6.04 Å². The van der Waals surface area contributed by atoms with Crippen LogP contribution in [0.5, 0.6) is 0 Å². The van der Waals surface area contributed by atoms with Crippen LogP contribution in [0.1, 0.15) is 11.6 Å². The maximum absolute atomic E-state index is 12.8. The average Bonchev–Trinajstić information content (AvgIpc) is 2.16. The van der Waals surface area contributed by atoms with E-state index in [2.05, 4.69) is 11.9 Å². The van der Waals surface area contributed by atoms with Crippen LogP contribution in [0, 0.1) is 17.5 Å². The summed E-state index contributed by atoms with van der Waals surface area (Å²) in [6.07, 6.45) is 1.48. The van der Waals surface area contributed by atoms with Crippen LogP contribution in [0.15, 0.2) is 24.8 Å². The largest absolute Gasteiger partial charge is 0.310 e. The summed E-state index contributed by atoms with van der Waals surface area (Å²) in [5, 5.41) is 2.77. The topological polar surface area (TPSA) is 12.0 Å². The third-order valence-electron chi connectivity index (χ3n) is 1.91. The smallest absolute Gasteiger partial charge is 0.194 e. The summed E-state index contributed by atoms with van der Waals surface area (Å²) in [6.45, 7) is 3.49. The first-order valence-corrected chi connectivity index (χ1v) is 4.04. The Labute approximate surface area is 80.2 Å². The lowest BCUT2D eigenvalue weighted by Gasteiger charge is -2.11. The number of halogens is 3.